The standard InChI is InChI=1S/C21H16Br2N2O2/c22-18-8-4-7-16(11-18)21(26)25-24-13-17-12-19(23)9-10-20(17)27-14-15-5-2-1-3-6-15/h1-13H,14H2,(H,25,26). The number of carbonyl (C=O) groups is 1. The highest BCUT2D eigenvalue weighted by Crippen LogP contribution is 2.23. The number of ether oxygens (including phenoxy) is 1. The average molecular weight is 488 g/mol. The lowest BCUT2D eigenvalue weighted by molar-refractivity contribution is 0.0955. The van der Waals surface area contributed by atoms with E-state index in [0.29, 0.717) is 17.9 Å². The van der Waals surface area contributed by atoms with Gasteiger partial charge in [-0.25, -0.2) is 5.43 Å². The van der Waals surface area contributed by atoms with E-state index in [1.165, 1.54) is 0 Å². The highest BCUT2D eigenvalue weighted by Gasteiger charge is 2.06. The van der Waals surface area contributed by atoms with Crippen molar-refractivity contribution in [1.82, 2.24) is 5.43 Å². The zero-order valence-electron chi connectivity index (χ0n) is 14.2. The van der Waals surface area contributed by atoms with E-state index in [0.717, 1.165) is 20.1 Å². The highest BCUT2D eigenvalue weighted by atomic mass is 79.9. The molecule has 0 bridgehead atoms. The Hall–Kier alpha value is -2.44. The zero-order valence-corrected chi connectivity index (χ0v) is 17.4. The van der Waals surface area contributed by atoms with Crippen LogP contribution in [0.25, 0.3) is 0 Å². The Morgan fingerprint density at radius 1 is 0.963 bits per heavy atom. The van der Waals surface area contributed by atoms with Crippen molar-refractivity contribution >= 4 is 44.0 Å². The molecule has 0 radical (unpaired) electrons. The van der Waals surface area contributed by atoms with E-state index >= 15 is 0 Å². The second-order valence-electron chi connectivity index (χ2n) is 5.67. The first-order valence-electron chi connectivity index (χ1n) is 8.17. The molecular weight excluding hydrogens is 472 g/mol. The summed E-state index contributed by atoms with van der Waals surface area (Å²) in [6.07, 6.45) is 1.57. The molecule has 3 rings (SSSR count). The number of nitrogens with zero attached hydrogens (tertiary/aromatic N) is 1. The number of hydrazone groups is 1. The van der Waals surface area contributed by atoms with E-state index in [1.54, 1.807) is 24.4 Å². The molecule has 6 heteroatoms. The number of carbonyl (C=O) groups excluding carboxylic acids is 1. The number of amides is 1. The molecule has 136 valence electrons. The smallest absolute Gasteiger partial charge is 0.271 e. The van der Waals surface area contributed by atoms with Crippen LogP contribution >= 0.6 is 31.9 Å². The number of halogens is 2. The molecule has 27 heavy (non-hydrogen) atoms. The van der Waals surface area contributed by atoms with Crippen LogP contribution in [0.15, 0.2) is 86.8 Å². The molecule has 0 aliphatic heterocycles. The third kappa shape index (κ3) is 5.77. The second kappa shape index (κ2) is 9.48. The average Bonchev–Trinajstić information content (AvgIpc) is 2.68. The van der Waals surface area contributed by atoms with Crippen LogP contribution in [0.4, 0.5) is 0 Å². The van der Waals surface area contributed by atoms with Gasteiger partial charge in [-0.15, -0.1) is 0 Å². The van der Waals surface area contributed by atoms with Gasteiger partial charge in [0.2, 0.25) is 0 Å². The molecule has 0 saturated heterocycles. The first kappa shape index (κ1) is 19.3. The molecule has 0 unspecified atom stereocenters. The minimum absolute atomic E-state index is 0.283. The third-order valence-corrected chi connectivity index (χ3v) is 4.65. The predicted molar refractivity (Wildman–Crippen MR) is 114 cm³/mol. The Bertz CT molecular complexity index is 959. The van der Waals surface area contributed by atoms with Crippen LogP contribution in [0.3, 0.4) is 0 Å². The van der Waals surface area contributed by atoms with Crippen LogP contribution in [-0.2, 0) is 6.61 Å². The van der Waals surface area contributed by atoms with Gasteiger partial charge in [0, 0.05) is 20.1 Å². The lowest BCUT2D eigenvalue weighted by Gasteiger charge is -2.09. The van der Waals surface area contributed by atoms with Crippen LogP contribution in [0.2, 0.25) is 0 Å². The maximum absolute atomic E-state index is 12.2. The predicted octanol–water partition coefficient (Wildman–Crippen LogP) is 5.55. The van der Waals surface area contributed by atoms with Gasteiger partial charge in [0.05, 0.1) is 6.21 Å². The van der Waals surface area contributed by atoms with Gasteiger partial charge in [0.15, 0.2) is 0 Å². The Labute approximate surface area is 174 Å². The largest absolute Gasteiger partial charge is 0.488 e. The maximum Gasteiger partial charge on any atom is 0.271 e. The summed E-state index contributed by atoms with van der Waals surface area (Å²) in [7, 11) is 0. The summed E-state index contributed by atoms with van der Waals surface area (Å²) in [6, 6.07) is 22.7. The molecule has 0 saturated carbocycles. The van der Waals surface area contributed by atoms with Gasteiger partial charge in [-0.2, -0.15) is 5.10 Å². The van der Waals surface area contributed by atoms with Crippen molar-refractivity contribution in [3.63, 3.8) is 0 Å². The Morgan fingerprint density at radius 2 is 1.74 bits per heavy atom. The normalized spacial score (nSPS) is 10.7. The number of benzene rings is 3. The number of hydrogen-bond acceptors (Lipinski definition) is 3. The highest BCUT2D eigenvalue weighted by molar-refractivity contribution is 9.10. The van der Waals surface area contributed by atoms with Gasteiger partial charge < -0.3 is 4.74 Å². The first-order chi connectivity index (χ1) is 13.1. The molecule has 0 aliphatic carbocycles. The van der Waals surface area contributed by atoms with Crippen molar-refractivity contribution in [2.75, 3.05) is 0 Å². The fraction of sp³-hybridized carbons (Fsp3) is 0.0476. The molecule has 1 amide bonds. The van der Waals surface area contributed by atoms with Crippen LogP contribution in [-0.4, -0.2) is 12.1 Å². The Kier molecular flexibility index (Phi) is 6.79. The molecule has 4 nitrogen and oxygen atoms in total. The van der Waals surface area contributed by atoms with Gasteiger partial charge in [0.1, 0.15) is 12.4 Å². The van der Waals surface area contributed by atoms with Crippen LogP contribution in [0.5, 0.6) is 5.75 Å². The molecule has 0 aliphatic rings. The van der Waals surface area contributed by atoms with Crippen molar-refractivity contribution in [3.05, 3.63) is 98.4 Å². The van der Waals surface area contributed by atoms with Crippen molar-refractivity contribution in [2.45, 2.75) is 6.61 Å². The molecule has 0 aromatic heterocycles. The third-order valence-electron chi connectivity index (χ3n) is 3.67. The van der Waals surface area contributed by atoms with E-state index in [1.807, 2.05) is 54.6 Å². The summed E-state index contributed by atoms with van der Waals surface area (Å²) < 4.78 is 7.64. The minimum Gasteiger partial charge on any atom is -0.488 e. The molecule has 3 aromatic rings. The molecule has 0 fully saturated rings. The summed E-state index contributed by atoms with van der Waals surface area (Å²) in [5.74, 6) is 0.400. The van der Waals surface area contributed by atoms with E-state index in [2.05, 4.69) is 42.4 Å². The lowest BCUT2D eigenvalue weighted by Crippen LogP contribution is -2.17. The molecule has 0 atom stereocenters. The fourth-order valence-electron chi connectivity index (χ4n) is 2.34. The first-order valence-corrected chi connectivity index (χ1v) is 9.76. The monoisotopic (exact) mass is 486 g/mol. The van der Waals surface area contributed by atoms with Gasteiger partial charge >= 0.3 is 0 Å². The lowest BCUT2D eigenvalue weighted by atomic mass is 10.2. The van der Waals surface area contributed by atoms with E-state index in [4.69, 9.17) is 4.74 Å². The zero-order chi connectivity index (χ0) is 19.1. The van der Waals surface area contributed by atoms with Crippen LogP contribution < -0.4 is 10.2 Å². The molecule has 0 heterocycles. The van der Waals surface area contributed by atoms with E-state index < -0.39 is 0 Å². The molecule has 1 N–H and O–H groups in total. The van der Waals surface area contributed by atoms with Crippen molar-refractivity contribution in [1.29, 1.82) is 0 Å². The van der Waals surface area contributed by atoms with E-state index in [9.17, 15) is 4.79 Å². The van der Waals surface area contributed by atoms with Crippen LogP contribution in [0.1, 0.15) is 21.5 Å². The number of hydrogen-bond donors (Lipinski definition) is 1. The quantitative estimate of drug-likeness (QED) is 0.365. The number of nitrogens with one attached hydrogen (secondary N) is 1. The van der Waals surface area contributed by atoms with Gasteiger partial charge in [-0.3, -0.25) is 4.79 Å². The molecular formula is C21H16Br2N2O2. The second-order valence-corrected chi connectivity index (χ2v) is 7.50. The van der Waals surface area contributed by atoms with Gasteiger partial charge in [-0.1, -0.05) is 68.3 Å². The minimum atomic E-state index is -0.283. The van der Waals surface area contributed by atoms with E-state index in [-0.39, 0.29) is 5.91 Å². The molecule has 0 spiro atoms. The summed E-state index contributed by atoms with van der Waals surface area (Å²) in [5, 5.41) is 4.06. The van der Waals surface area contributed by atoms with Crippen LogP contribution in [0, 0.1) is 0 Å². The van der Waals surface area contributed by atoms with Crippen molar-refractivity contribution in [3.8, 4) is 5.75 Å². The van der Waals surface area contributed by atoms with Crippen molar-refractivity contribution in [2.24, 2.45) is 5.10 Å². The number of rotatable bonds is 6. The van der Waals surface area contributed by atoms with Crippen molar-refractivity contribution < 1.29 is 9.53 Å². The topological polar surface area (TPSA) is 50.7 Å². The SMILES string of the molecule is O=C(NN=Cc1cc(Br)ccc1OCc1ccccc1)c1cccc(Br)c1. The summed E-state index contributed by atoms with van der Waals surface area (Å²) in [6.45, 7) is 0.452. The van der Waals surface area contributed by atoms with Gasteiger partial charge in [0.25, 0.3) is 5.91 Å². The summed E-state index contributed by atoms with van der Waals surface area (Å²) in [5.41, 5.74) is 4.89. The maximum atomic E-state index is 12.2. The van der Waals surface area contributed by atoms with Gasteiger partial charge in [-0.05, 0) is 42.0 Å². The summed E-state index contributed by atoms with van der Waals surface area (Å²) in [4.78, 5) is 12.2. The Balaban J connectivity index is 1.69. The fourth-order valence-corrected chi connectivity index (χ4v) is 3.12. The Morgan fingerprint density at radius 3 is 2.52 bits per heavy atom. The molecule has 3 aromatic carbocycles. The summed E-state index contributed by atoms with van der Waals surface area (Å²) >= 11 is 6.80.